The second-order valence-electron chi connectivity index (χ2n) is 3.16. The number of hydrogen-bond acceptors (Lipinski definition) is 1. The second-order valence-corrected chi connectivity index (χ2v) is 4.07. The standard InChI is InChI=1S/C11H14BrNO/c1-2-4-11(14)13-8-9-5-3-6-10(12)7-9/h3,5-7H,2,4,8H2,1H3,(H,13,14). The fourth-order valence-electron chi connectivity index (χ4n) is 1.16. The zero-order chi connectivity index (χ0) is 10.4. The number of amides is 1. The van der Waals surface area contributed by atoms with E-state index in [-0.39, 0.29) is 5.91 Å². The summed E-state index contributed by atoms with van der Waals surface area (Å²) in [4.78, 5) is 11.2. The van der Waals surface area contributed by atoms with Gasteiger partial charge in [-0.2, -0.15) is 0 Å². The Bertz CT molecular complexity index is 312. The first-order valence-electron chi connectivity index (χ1n) is 4.73. The zero-order valence-corrected chi connectivity index (χ0v) is 9.80. The fraction of sp³-hybridized carbons (Fsp3) is 0.364. The number of nitrogens with one attached hydrogen (secondary N) is 1. The van der Waals surface area contributed by atoms with Gasteiger partial charge in [-0.25, -0.2) is 0 Å². The molecule has 0 heterocycles. The number of benzene rings is 1. The summed E-state index contributed by atoms with van der Waals surface area (Å²) in [6.07, 6.45) is 1.50. The minimum atomic E-state index is 0.118. The molecule has 0 atom stereocenters. The zero-order valence-electron chi connectivity index (χ0n) is 8.22. The molecule has 0 aromatic heterocycles. The highest BCUT2D eigenvalue weighted by Gasteiger charge is 1.99. The van der Waals surface area contributed by atoms with Crippen LogP contribution in [-0.4, -0.2) is 5.91 Å². The lowest BCUT2D eigenvalue weighted by atomic mass is 10.2. The van der Waals surface area contributed by atoms with Crippen molar-refractivity contribution in [3.05, 3.63) is 34.3 Å². The summed E-state index contributed by atoms with van der Waals surface area (Å²) in [5.41, 5.74) is 1.11. The van der Waals surface area contributed by atoms with Crippen LogP contribution in [0.15, 0.2) is 28.7 Å². The van der Waals surface area contributed by atoms with Gasteiger partial charge in [-0.3, -0.25) is 4.79 Å². The van der Waals surface area contributed by atoms with E-state index < -0.39 is 0 Å². The Hall–Kier alpha value is -0.830. The SMILES string of the molecule is CCCC(=O)NCc1cccc(Br)c1. The van der Waals surface area contributed by atoms with Gasteiger partial charge in [0.25, 0.3) is 0 Å². The summed E-state index contributed by atoms with van der Waals surface area (Å²) >= 11 is 3.39. The molecule has 1 rings (SSSR count). The molecule has 0 spiro atoms. The molecule has 14 heavy (non-hydrogen) atoms. The van der Waals surface area contributed by atoms with Crippen molar-refractivity contribution in [2.45, 2.75) is 26.3 Å². The van der Waals surface area contributed by atoms with Crippen molar-refractivity contribution in [3.63, 3.8) is 0 Å². The van der Waals surface area contributed by atoms with Gasteiger partial charge < -0.3 is 5.32 Å². The fourth-order valence-corrected chi connectivity index (χ4v) is 1.61. The molecule has 76 valence electrons. The number of carbonyl (C=O) groups excluding carboxylic acids is 1. The Morgan fingerprint density at radius 2 is 2.29 bits per heavy atom. The highest BCUT2D eigenvalue weighted by Crippen LogP contribution is 2.11. The van der Waals surface area contributed by atoms with Crippen LogP contribution < -0.4 is 5.32 Å². The molecule has 0 fully saturated rings. The molecule has 0 aliphatic carbocycles. The predicted molar refractivity (Wildman–Crippen MR) is 60.9 cm³/mol. The van der Waals surface area contributed by atoms with E-state index in [0.29, 0.717) is 13.0 Å². The van der Waals surface area contributed by atoms with Gasteiger partial charge in [-0.1, -0.05) is 35.0 Å². The number of carbonyl (C=O) groups is 1. The van der Waals surface area contributed by atoms with Crippen LogP contribution in [0.5, 0.6) is 0 Å². The van der Waals surface area contributed by atoms with Gasteiger partial charge in [0.15, 0.2) is 0 Å². The van der Waals surface area contributed by atoms with E-state index in [0.717, 1.165) is 16.5 Å². The maximum Gasteiger partial charge on any atom is 0.220 e. The van der Waals surface area contributed by atoms with Crippen molar-refractivity contribution >= 4 is 21.8 Å². The molecule has 3 heteroatoms. The van der Waals surface area contributed by atoms with E-state index in [2.05, 4.69) is 21.2 Å². The van der Waals surface area contributed by atoms with Gasteiger partial charge in [-0.05, 0) is 24.1 Å². The first-order chi connectivity index (χ1) is 6.72. The highest BCUT2D eigenvalue weighted by molar-refractivity contribution is 9.10. The highest BCUT2D eigenvalue weighted by atomic mass is 79.9. The summed E-state index contributed by atoms with van der Waals surface area (Å²) < 4.78 is 1.04. The number of hydrogen-bond donors (Lipinski definition) is 1. The first-order valence-corrected chi connectivity index (χ1v) is 5.53. The minimum Gasteiger partial charge on any atom is -0.352 e. The topological polar surface area (TPSA) is 29.1 Å². The summed E-state index contributed by atoms with van der Waals surface area (Å²) in [5.74, 6) is 0.118. The quantitative estimate of drug-likeness (QED) is 0.881. The van der Waals surface area contributed by atoms with E-state index in [1.54, 1.807) is 0 Å². The molecule has 0 bridgehead atoms. The van der Waals surface area contributed by atoms with Gasteiger partial charge in [0.05, 0.1) is 0 Å². The lowest BCUT2D eigenvalue weighted by molar-refractivity contribution is -0.121. The molecule has 1 amide bonds. The Morgan fingerprint density at radius 3 is 2.93 bits per heavy atom. The van der Waals surface area contributed by atoms with Crippen LogP contribution in [0.25, 0.3) is 0 Å². The molecule has 0 saturated heterocycles. The molecular formula is C11H14BrNO. The van der Waals surface area contributed by atoms with Gasteiger partial charge in [0.1, 0.15) is 0 Å². The molecule has 0 saturated carbocycles. The van der Waals surface area contributed by atoms with E-state index in [1.165, 1.54) is 0 Å². The monoisotopic (exact) mass is 255 g/mol. The van der Waals surface area contributed by atoms with Gasteiger partial charge in [0, 0.05) is 17.4 Å². The lowest BCUT2D eigenvalue weighted by Crippen LogP contribution is -2.21. The largest absolute Gasteiger partial charge is 0.352 e. The van der Waals surface area contributed by atoms with Gasteiger partial charge in [0.2, 0.25) is 5.91 Å². The summed E-state index contributed by atoms with van der Waals surface area (Å²) in [5, 5.41) is 2.87. The number of rotatable bonds is 4. The van der Waals surface area contributed by atoms with Crippen LogP contribution in [0.4, 0.5) is 0 Å². The van der Waals surface area contributed by atoms with Crippen LogP contribution in [0.3, 0.4) is 0 Å². The maximum atomic E-state index is 11.2. The smallest absolute Gasteiger partial charge is 0.220 e. The number of halogens is 1. The Morgan fingerprint density at radius 1 is 1.50 bits per heavy atom. The van der Waals surface area contributed by atoms with Crippen molar-refractivity contribution in [2.75, 3.05) is 0 Å². The summed E-state index contributed by atoms with van der Waals surface area (Å²) in [6, 6.07) is 7.94. The third-order valence-electron chi connectivity index (χ3n) is 1.86. The van der Waals surface area contributed by atoms with E-state index in [1.807, 2.05) is 31.2 Å². The Labute approximate surface area is 92.8 Å². The van der Waals surface area contributed by atoms with E-state index >= 15 is 0 Å². The van der Waals surface area contributed by atoms with Crippen molar-refractivity contribution < 1.29 is 4.79 Å². The van der Waals surface area contributed by atoms with E-state index in [4.69, 9.17) is 0 Å². The molecule has 0 unspecified atom stereocenters. The molecule has 1 N–H and O–H groups in total. The third-order valence-corrected chi connectivity index (χ3v) is 2.35. The normalized spacial score (nSPS) is 9.86. The van der Waals surface area contributed by atoms with Crippen LogP contribution in [0, 0.1) is 0 Å². The molecule has 1 aromatic rings. The van der Waals surface area contributed by atoms with Crippen molar-refractivity contribution in [2.24, 2.45) is 0 Å². The molecule has 1 aromatic carbocycles. The van der Waals surface area contributed by atoms with Crippen LogP contribution in [0.2, 0.25) is 0 Å². The average molecular weight is 256 g/mol. The molecule has 0 aliphatic heterocycles. The van der Waals surface area contributed by atoms with E-state index in [9.17, 15) is 4.79 Å². The molecule has 0 radical (unpaired) electrons. The first kappa shape index (κ1) is 11.2. The van der Waals surface area contributed by atoms with Gasteiger partial charge in [-0.15, -0.1) is 0 Å². The minimum absolute atomic E-state index is 0.118. The summed E-state index contributed by atoms with van der Waals surface area (Å²) in [7, 11) is 0. The van der Waals surface area contributed by atoms with Crippen molar-refractivity contribution in [3.8, 4) is 0 Å². The van der Waals surface area contributed by atoms with Crippen LogP contribution in [0.1, 0.15) is 25.3 Å². The van der Waals surface area contributed by atoms with Crippen LogP contribution in [-0.2, 0) is 11.3 Å². The van der Waals surface area contributed by atoms with Crippen molar-refractivity contribution in [1.29, 1.82) is 0 Å². The molecule has 0 aliphatic rings. The van der Waals surface area contributed by atoms with Crippen molar-refractivity contribution in [1.82, 2.24) is 5.32 Å². The molecular weight excluding hydrogens is 242 g/mol. The average Bonchev–Trinajstić information content (AvgIpc) is 2.15. The maximum absolute atomic E-state index is 11.2. The third kappa shape index (κ3) is 3.92. The lowest BCUT2D eigenvalue weighted by Gasteiger charge is -2.04. The van der Waals surface area contributed by atoms with Crippen LogP contribution >= 0.6 is 15.9 Å². The predicted octanol–water partition coefficient (Wildman–Crippen LogP) is 2.87. The molecule has 2 nitrogen and oxygen atoms in total. The Balaban J connectivity index is 2.41. The van der Waals surface area contributed by atoms with Gasteiger partial charge >= 0.3 is 0 Å². The second kappa shape index (κ2) is 5.81. The Kier molecular flexibility index (Phi) is 4.66. The summed E-state index contributed by atoms with van der Waals surface area (Å²) in [6.45, 7) is 2.61.